The Bertz CT molecular complexity index is 1180. The molecule has 0 fully saturated rings. The van der Waals surface area contributed by atoms with E-state index < -0.39 is 23.7 Å². The average molecular weight is 401 g/mol. The Kier molecular flexibility index (Phi) is 5.44. The lowest BCUT2D eigenvalue weighted by atomic mass is 9.92. The summed E-state index contributed by atoms with van der Waals surface area (Å²) >= 11 is 0. The molecule has 4 aromatic carbocycles. The minimum Gasteiger partial charge on any atom is -0.467 e. The van der Waals surface area contributed by atoms with E-state index in [0.29, 0.717) is 0 Å². The van der Waals surface area contributed by atoms with Gasteiger partial charge in [0, 0.05) is 12.0 Å². The monoisotopic (exact) mass is 401 g/mol. The van der Waals surface area contributed by atoms with Crippen molar-refractivity contribution in [3.63, 3.8) is 0 Å². The number of benzene rings is 4. The highest BCUT2D eigenvalue weighted by molar-refractivity contribution is 6.03. The van der Waals surface area contributed by atoms with Crippen molar-refractivity contribution in [2.45, 2.75) is 12.5 Å². The van der Waals surface area contributed by atoms with Crippen LogP contribution in [-0.4, -0.2) is 25.0 Å². The van der Waals surface area contributed by atoms with E-state index in [2.05, 4.69) is 11.4 Å². The molecule has 4 aromatic rings. The molecule has 0 aromatic heterocycles. The molecule has 0 spiro atoms. The molecule has 0 aliphatic rings. The van der Waals surface area contributed by atoms with E-state index in [1.54, 1.807) is 0 Å². The third-order valence-electron chi connectivity index (χ3n) is 5.19. The molecule has 0 aliphatic carbocycles. The summed E-state index contributed by atoms with van der Waals surface area (Å²) in [6, 6.07) is 22.3. The predicted molar refractivity (Wildman–Crippen MR) is 115 cm³/mol. The first-order valence-electron chi connectivity index (χ1n) is 9.60. The first-order chi connectivity index (χ1) is 14.6. The van der Waals surface area contributed by atoms with E-state index in [1.165, 1.54) is 31.4 Å². The van der Waals surface area contributed by atoms with Crippen LogP contribution in [0.2, 0.25) is 0 Å². The standard InChI is InChI=1S/C25H20FNO3/c1-30-25(29)23(27-24(28)16-10-12-19(26)13-11-16)15-22-20-8-4-2-6-17(20)14-18-7-3-5-9-21(18)22/h2-14,23H,15H2,1H3,(H,27,28)/t23-/m1/s1. The zero-order valence-corrected chi connectivity index (χ0v) is 16.4. The van der Waals surface area contributed by atoms with Gasteiger partial charge in [-0.15, -0.1) is 0 Å². The van der Waals surface area contributed by atoms with Crippen LogP contribution in [0.15, 0.2) is 78.9 Å². The zero-order chi connectivity index (χ0) is 21.1. The topological polar surface area (TPSA) is 55.4 Å². The predicted octanol–water partition coefficient (Wildman–Crippen LogP) is 4.65. The van der Waals surface area contributed by atoms with Gasteiger partial charge in [-0.1, -0.05) is 48.5 Å². The van der Waals surface area contributed by atoms with Gasteiger partial charge < -0.3 is 10.1 Å². The number of carbonyl (C=O) groups excluding carboxylic acids is 2. The molecule has 1 amide bonds. The molecular weight excluding hydrogens is 381 g/mol. The molecule has 1 atom stereocenters. The quantitative estimate of drug-likeness (QED) is 0.391. The van der Waals surface area contributed by atoms with Crippen LogP contribution in [0.4, 0.5) is 4.39 Å². The Labute approximate surface area is 173 Å². The number of hydrogen-bond acceptors (Lipinski definition) is 3. The number of esters is 1. The van der Waals surface area contributed by atoms with E-state index in [4.69, 9.17) is 4.74 Å². The first kappa shape index (κ1) is 19.6. The number of carbonyl (C=O) groups is 2. The fraction of sp³-hybridized carbons (Fsp3) is 0.120. The number of hydrogen-bond donors (Lipinski definition) is 1. The number of ether oxygens (including phenoxy) is 1. The third-order valence-corrected chi connectivity index (χ3v) is 5.19. The van der Waals surface area contributed by atoms with Crippen molar-refractivity contribution in [1.29, 1.82) is 0 Å². The van der Waals surface area contributed by atoms with Gasteiger partial charge in [-0.2, -0.15) is 0 Å². The third kappa shape index (κ3) is 3.87. The van der Waals surface area contributed by atoms with E-state index in [1.807, 2.05) is 48.5 Å². The molecule has 0 saturated heterocycles. The molecule has 1 N–H and O–H groups in total. The number of nitrogens with one attached hydrogen (secondary N) is 1. The summed E-state index contributed by atoms with van der Waals surface area (Å²) in [7, 11) is 1.29. The Morgan fingerprint density at radius 1 is 0.900 bits per heavy atom. The second-order valence-electron chi connectivity index (χ2n) is 7.06. The lowest BCUT2D eigenvalue weighted by Gasteiger charge is -2.19. The molecular formula is C25H20FNO3. The molecule has 0 bridgehead atoms. The first-order valence-corrected chi connectivity index (χ1v) is 9.60. The second kappa shape index (κ2) is 8.33. The van der Waals surface area contributed by atoms with Crippen LogP contribution in [0.1, 0.15) is 15.9 Å². The summed E-state index contributed by atoms with van der Waals surface area (Å²) in [4.78, 5) is 25.2. The van der Waals surface area contributed by atoms with Crippen molar-refractivity contribution >= 4 is 33.4 Å². The second-order valence-corrected chi connectivity index (χ2v) is 7.06. The summed E-state index contributed by atoms with van der Waals surface area (Å²) < 4.78 is 18.1. The van der Waals surface area contributed by atoms with Gasteiger partial charge in [-0.25, -0.2) is 9.18 Å². The highest BCUT2D eigenvalue weighted by atomic mass is 19.1. The van der Waals surface area contributed by atoms with Crippen LogP contribution < -0.4 is 5.32 Å². The largest absolute Gasteiger partial charge is 0.467 e. The van der Waals surface area contributed by atoms with Crippen molar-refractivity contribution in [3.8, 4) is 0 Å². The van der Waals surface area contributed by atoms with Gasteiger partial charge >= 0.3 is 5.97 Å². The van der Waals surface area contributed by atoms with Gasteiger partial charge in [0.05, 0.1) is 7.11 Å². The molecule has 4 rings (SSSR count). The van der Waals surface area contributed by atoms with Gasteiger partial charge in [0.25, 0.3) is 5.91 Å². The Balaban J connectivity index is 1.74. The van der Waals surface area contributed by atoms with Gasteiger partial charge in [0.2, 0.25) is 0 Å². The molecule has 0 heterocycles. The van der Waals surface area contributed by atoms with Gasteiger partial charge in [0.1, 0.15) is 11.9 Å². The van der Waals surface area contributed by atoms with Crippen LogP contribution in [0.3, 0.4) is 0 Å². The molecule has 30 heavy (non-hydrogen) atoms. The Hall–Kier alpha value is -3.73. The fourth-order valence-corrected chi connectivity index (χ4v) is 3.71. The summed E-state index contributed by atoms with van der Waals surface area (Å²) in [6.07, 6.45) is 0.265. The normalized spacial score (nSPS) is 11.9. The maximum atomic E-state index is 13.2. The summed E-state index contributed by atoms with van der Waals surface area (Å²) in [6.45, 7) is 0. The lowest BCUT2D eigenvalue weighted by Crippen LogP contribution is -2.43. The van der Waals surface area contributed by atoms with Crippen LogP contribution in [0.5, 0.6) is 0 Å². The highest BCUT2D eigenvalue weighted by Gasteiger charge is 2.24. The van der Waals surface area contributed by atoms with E-state index in [9.17, 15) is 14.0 Å². The molecule has 5 heteroatoms. The zero-order valence-electron chi connectivity index (χ0n) is 16.4. The number of methoxy groups -OCH3 is 1. The summed E-state index contributed by atoms with van der Waals surface area (Å²) in [5, 5.41) is 6.89. The summed E-state index contributed by atoms with van der Waals surface area (Å²) in [5.41, 5.74) is 1.23. The van der Waals surface area contributed by atoms with E-state index in [0.717, 1.165) is 27.1 Å². The molecule has 4 nitrogen and oxygen atoms in total. The van der Waals surface area contributed by atoms with Crippen molar-refractivity contribution in [3.05, 3.63) is 95.8 Å². The molecule has 150 valence electrons. The smallest absolute Gasteiger partial charge is 0.328 e. The van der Waals surface area contributed by atoms with E-state index in [-0.39, 0.29) is 12.0 Å². The number of halogens is 1. The van der Waals surface area contributed by atoms with Crippen molar-refractivity contribution in [1.82, 2.24) is 5.32 Å². The molecule has 0 unspecified atom stereocenters. The maximum Gasteiger partial charge on any atom is 0.328 e. The van der Waals surface area contributed by atoms with E-state index >= 15 is 0 Å². The molecule has 0 aliphatic heterocycles. The van der Waals surface area contributed by atoms with Gasteiger partial charge in [-0.05, 0) is 57.4 Å². The van der Waals surface area contributed by atoms with Crippen LogP contribution >= 0.6 is 0 Å². The lowest BCUT2D eigenvalue weighted by molar-refractivity contribution is -0.142. The minimum atomic E-state index is -0.887. The SMILES string of the molecule is COC(=O)[C@@H](Cc1c2ccccc2cc2ccccc12)NC(=O)c1ccc(F)cc1. The number of fused-ring (bicyclic) bond motifs is 2. The van der Waals surface area contributed by atoms with Crippen LogP contribution in [-0.2, 0) is 16.0 Å². The number of rotatable bonds is 5. The van der Waals surface area contributed by atoms with Gasteiger partial charge in [-0.3, -0.25) is 4.79 Å². The highest BCUT2D eigenvalue weighted by Crippen LogP contribution is 2.29. The maximum absolute atomic E-state index is 13.2. The number of amides is 1. The van der Waals surface area contributed by atoms with Gasteiger partial charge in [0.15, 0.2) is 0 Å². The van der Waals surface area contributed by atoms with Crippen molar-refractivity contribution in [2.24, 2.45) is 0 Å². The molecule has 0 saturated carbocycles. The fourth-order valence-electron chi connectivity index (χ4n) is 3.71. The van der Waals surface area contributed by atoms with Crippen LogP contribution in [0, 0.1) is 5.82 Å². The Morgan fingerprint density at radius 3 is 2.03 bits per heavy atom. The van der Waals surface area contributed by atoms with Crippen molar-refractivity contribution in [2.75, 3.05) is 7.11 Å². The molecule has 0 radical (unpaired) electrons. The summed E-state index contributed by atoms with van der Waals surface area (Å²) in [5.74, 6) is -1.43. The minimum absolute atomic E-state index is 0.265. The Morgan fingerprint density at radius 2 is 1.47 bits per heavy atom. The van der Waals surface area contributed by atoms with Crippen LogP contribution in [0.25, 0.3) is 21.5 Å². The van der Waals surface area contributed by atoms with Crippen molar-refractivity contribution < 1.29 is 18.7 Å². The average Bonchev–Trinajstić information content (AvgIpc) is 2.78.